The molecule has 2 amide bonds. The molecular formula is C24H29Cl4N3O4S. The van der Waals surface area contributed by atoms with E-state index in [4.69, 9.17) is 46.4 Å². The van der Waals surface area contributed by atoms with Gasteiger partial charge in [-0.15, -0.1) is 0 Å². The van der Waals surface area contributed by atoms with Crippen molar-refractivity contribution in [1.82, 2.24) is 10.2 Å². The number of benzene rings is 2. The fraction of sp³-hybridized carbons (Fsp3) is 0.417. The minimum absolute atomic E-state index is 0.00216. The first-order valence-corrected chi connectivity index (χ1v) is 14.5. The number of sulfonamides is 1. The average molecular weight is 597 g/mol. The number of hydrogen-bond donors (Lipinski definition) is 1. The summed E-state index contributed by atoms with van der Waals surface area (Å²) in [6.07, 6.45) is 1.23. The van der Waals surface area contributed by atoms with Crippen LogP contribution in [-0.4, -0.2) is 50.0 Å². The molecule has 0 aromatic heterocycles. The van der Waals surface area contributed by atoms with Crippen LogP contribution < -0.4 is 9.62 Å². The molecule has 0 fully saturated rings. The van der Waals surface area contributed by atoms with E-state index in [0.717, 1.165) is 10.6 Å². The van der Waals surface area contributed by atoms with Gasteiger partial charge in [0.15, 0.2) is 0 Å². The van der Waals surface area contributed by atoms with Crippen LogP contribution >= 0.6 is 46.4 Å². The van der Waals surface area contributed by atoms with Gasteiger partial charge in [0.2, 0.25) is 21.8 Å². The molecule has 12 heteroatoms. The summed E-state index contributed by atoms with van der Waals surface area (Å²) >= 11 is 24.4. The highest BCUT2D eigenvalue weighted by Crippen LogP contribution is 2.31. The van der Waals surface area contributed by atoms with Crippen LogP contribution in [0.1, 0.15) is 39.2 Å². The number of carbonyl (C=O) groups excluding carboxylic acids is 2. The van der Waals surface area contributed by atoms with E-state index in [-0.39, 0.29) is 54.5 Å². The largest absolute Gasteiger partial charge is 0.352 e. The van der Waals surface area contributed by atoms with Gasteiger partial charge in [-0.3, -0.25) is 13.9 Å². The summed E-state index contributed by atoms with van der Waals surface area (Å²) < 4.78 is 26.0. The molecule has 2 rings (SSSR count). The Hall–Kier alpha value is -1.71. The van der Waals surface area contributed by atoms with Crippen molar-refractivity contribution < 1.29 is 18.0 Å². The lowest BCUT2D eigenvalue weighted by Gasteiger charge is -2.30. The fourth-order valence-electron chi connectivity index (χ4n) is 3.48. The first kappa shape index (κ1) is 30.5. The van der Waals surface area contributed by atoms with Crippen molar-refractivity contribution in [2.75, 3.05) is 17.1 Å². The van der Waals surface area contributed by atoms with Gasteiger partial charge in [0.1, 0.15) is 6.04 Å². The molecular weight excluding hydrogens is 568 g/mol. The van der Waals surface area contributed by atoms with Gasteiger partial charge in [0.25, 0.3) is 0 Å². The van der Waals surface area contributed by atoms with Crippen molar-refractivity contribution in [3.05, 3.63) is 62.1 Å². The molecule has 7 nitrogen and oxygen atoms in total. The number of halogens is 4. The molecule has 36 heavy (non-hydrogen) atoms. The molecule has 0 spiro atoms. The highest BCUT2D eigenvalue weighted by Gasteiger charge is 2.27. The van der Waals surface area contributed by atoms with Crippen LogP contribution in [0.25, 0.3) is 0 Å². The van der Waals surface area contributed by atoms with E-state index < -0.39 is 16.1 Å². The van der Waals surface area contributed by atoms with Crippen molar-refractivity contribution >= 4 is 73.9 Å². The summed E-state index contributed by atoms with van der Waals surface area (Å²) in [6, 6.07) is 8.65. The van der Waals surface area contributed by atoms with Gasteiger partial charge in [-0.05, 0) is 63.1 Å². The summed E-state index contributed by atoms with van der Waals surface area (Å²) in [5.41, 5.74) is 0.932. The van der Waals surface area contributed by atoms with Gasteiger partial charge >= 0.3 is 0 Å². The van der Waals surface area contributed by atoms with Crippen LogP contribution in [0.2, 0.25) is 20.1 Å². The summed E-state index contributed by atoms with van der Waals surface area (Å²) in [5.74, 6) is -0.625. The zero-order chi connectivity index (χ0) is 27.2. The standard InChI is InChI=1S/C24H29Cl4N3O4S/c1-15(2)29-24(33)16(3)30(14-17-7-9-19(26)21(28)12-17)23(32)6-5-11-31(36(4,34)35)22-13-18(25)8-10-20(22)27/h7-10,12-13,15-16H,5-6,11,14H2,1-4H3,(H,29,33)/t16-/m1/s1. The van der Waals surface area contributed by atoms with E-state index >= 15 is 0 Å². The Morgan fingerprint density at radius 2 is 1.58 bits per heavy atom. The smallest absolute Gasteiger partial charge is 0.242 e. The van der Waals surface area contributed by atoms with Gasteiger partial charge in [0, 0.05) is 30.6 Å². The van der Waals surface area contributed by atoms with Gasteiger partial charge in [-0.25, -0.2) is 8.42 Å². The molecule has 0 radical (unpaired) electrons. The van der Waals surface area contributed by atoms with Crippen molar-refractivity contribution in [3.63, 3.8) is 0 Å². The lowest BCUT2D eigenvalue weighted by Crippen LogP contribution is -2.49. The highest BCUT2D eigenvalue weighted by molar-refractivity contribution is 7.92. The first-order valence-electron chi connectivity index (χ1n) is 11.2. The molecule has 0 bridgehead atoms. The molecule has 1 N–H and O–H groups in total. The zero-order valence-electron chi connectivity index (χ0n) is 20.4. The topological polar surface area (TPSA) is 86.8 Å². The van der Waals surface area contributed by atoms with Crippen LogP contribution in [0.5, 0.6) is 0 Å². The van der Waals surface area contributed by atoms with Gasteiger partial charge in [-0.1, -0.05) is 52.5 Å². The van der Waals surface area contributed by atoms with E-state index in [2.05, 4.69) is 5.32 Å². The van der Waals surface area contributed by atoms with Crippen molar-refractivity contribution in [3.8, 4) is 0 Å². The maximum atomic E-state index is 13.3. The Balaban J connectivity index is 2.23. The normalized spacial score (nSPS) is 12.4. The Bertz CT molecular complexity index is 1210. The quantitative estimate of drug-likeness (QED) is 0.356. The Labute approximate surface area is 232 Å². The third kappa shape index (κ3) is 8.70. The molecule has 0 aliphatic carbocycles. The Morgan fingerprint density at radius 3 is 2.17 bits per heavy atom. The monoisotopic (exact) mass is 595 g/mol. The molecule has 0 saturated carbocycles. The minimum Gasteiger partial charge on any atom is -0.352 e. The first-order chi connectivity index (χ1) is 16.7. The Morgan fingerprint density at radius 1 is 0.944 bits per heavy atom. The number of hydrogen-bond acceptors (Lipinski definition) is 4. The van der Waals surface area contributed by atoms with Crippen LogP contribution in [-0.2, 0) is 26.2 Å². The molecule has 0 unspecified atom stereocenters. The molecule has 198 valence electrons. The number of amides is 2. The molecule has 2 aromatic rings. The number of carbonyl (C=O) groups is 2. The zero-order valence-corrected chi connectivity index (χ0v) is 24.2. The van der Waals surface area contributed by atoms with Crippen LogP contribution in [0.4, 0.5) is 5.69 Å². The van der Waals surface area contributed by atoms with Crippen molar-refractivity contribution in [2.45, 2.75) is 52.2 Å². The SMILES string of the molecule is CC(C)NC(=O)[C@@H](C)N(Cc1ccc(Cl)c(Cl)c1)C(=O)CCCN(c1cc(Cl)ccc1Cl)S(C)(=O)=O. The van der Waals surface area contributed by atoms with E-state index in [0.29, 0.717) is 20.6 Å². The summed E-state index contributed by atoms with van der Waals surface area (Å²) in [6.45, 7) is 5.42. The van der Waals surface area contributed by atoms with Gasteiger partial charge in [-0.2, -0.15) is 0 Å². The van der Waals surface area contributed by atoms with Gasteiger partial charge < -0.3 is 10.2 Å². The molecule has 0 aliphatic heterocycles. The maximum Gasteiger partial charge on any atom is 0.242 e. The van der Waals surface area contributed by atoms with E-state index in [9.17, 15) is 18.0 Å². The highest BCUT2D eigenvalue weighted by atomic mass is 35.5. The predicted molar refractivity (Wildman–Crippen MR) is 148 cm³/mol. The second-order valence-electron chi connectivity index (χ2n) is 8.64. The fourth-order valence-corrected chi connectivity index (χ4v) is 5.21. The van der Waals surface area contributed by atoms with E-state index in [1.165, 1.54) is 17.0 Å². The number of nitrogens with one attached hydrogen (secondary N) is 1. The minimum atomic E-state index is -3.70. The molecule has 0 heterocycles. The summed E-state index contributed by atoms with van der Waals surface area (Å²) in [4.78, 5) is 27.4. The maximum absolute atomic E-state index is 13.3. The van der Waals surface area contributed by atoms with E-state index in [1.54, 1.807) is 31.2 Å². The Kier molecular flexibility index (Phi) is 11.2. The second-order valence-corrected chi connectivity index (χ2v) is 12.2. The molecule has 0 aliphatic rings. The van der Waals surface area contributed by atoms with Crippen molar-refractivity contribution in [1.29, 1.82) is 0 Å². The third-order valence-corrected chi connectivity index (χ3v) is 7.74. The summed E-state index contributed by atoms with van der Waals surface area (Å²) in [5, 5.41) is 4.08. The lowest BCUT2D eigenvalue weighted by atomic mass is 10.1. The van der Waals surface area contributed by atoms with E-state index in [1.807, 2.05) is 13.8 Å². The van der Waals surface area contributed by atoms with Crippen LogP contribution in [0, 0.1) is 0 Å². The number of anilines is 1. The molecule has 2 aromatic carbocycles. The molecule has 0 saturated heterocycles. The molecule has 1 atom stereocenters. The van der Waals surface area contributed by atoms with Gasteiger partial charge in [0.05, 0.1) is 27.0 Å². The average Bonchev–Trinajstić information content (AvgIpc) is 2.77. The number of rotatable bonds is 11. The lowest BCUT2D eigenvalue weighted by molar-refractivity contribution is -0.140. The van der Waals surface area contributed by atoms with Crippen LogP contribution in [0.15, 0.2) is 36.4 Å². The third-order valence-electron chi connectivity index (χ3n) is 5.26. The summed E-state index contributed by atoms with van der Waals surface area (Å²) in [7, 11) is -3.70. The number of nitrogens with zero attached hydrogens (tertiary/aromatic N) is 2. The predicted octanol–water partition coefficient (Wildman–Crippen LogP) is 5.79. The second kappa shape index (κ2) is 13.2. The van der Waals surface area contributed by atoms with Crippen LogP contribution in [0.3, 0.4) is 0 Å². The van der Waals surface area contributed by atoms with Crippen molar-refractivity contribution in [2.24, 2.45) is 0 Å².